The van der Waals surface area contributed by atoms with E-state index in [-0.39, 0.29) is 12.5 Å². The van der Waals surface area contributed by atoms with Crippen LogP contribution in [-0.4, -0.2) is 42.7 Å². The first-order valence-electron chi connectivity index (χ1n) is 8.14. The zero-order valence-electron chi connectivity index (χ0n) is 13.6. The van der Waals surface area contributed by atoms with E-state index in [9.17, 15) is 4.79 Å². The molecule has 1 N–H and O–H groups in total. The molecule has 1 saturated heterocycles. The molecule has 0 spiro atoms. The molecule has 22 heavy (non-hydrogen) atoms. The molecule has 4 heteroatoms. The summed E-state index contributed by atoms with van der Waals surface area (Å²) in [5.41, 5.74) is 1.16. The van der Waals surface area contributed by atoms with E-state index < -0.39 is 0 Å². The number of likely N-dealkylation sites (tertiary alicyclic amines) is 1. The largest absolute Gasteiger partial charge is 0.496 e. The molecule has 1 fully saturated rings. The average Bonchev–Trinajstić information content (AvgIpc) is 2.55. The smallest absolute Gasteiger partial charge is 0.222 e. The lowest BCUT2D eigenvalue weighted by atomic mass is 9.94. The minimum absolute atomic E-state index is 0.235. The van der Waals surface area contributed by atoms with E-state index in [1.54, 1.807) is 7.11 Å². The van der Waals surface area contributed by atoms with Gasteiger partial charge in [0, 0.05) is 26.1 Å². The highest BCUT2D eigenvalue weighted by atomic mass is 16.5. The van der Waals surface area contributed by atoms with Gasteiger partial charge in [0.1, 0.15) is 5.75 Å². The van der Waals surface area contributed by atoms with Crippen molar-refractivity contribution in [3.8, 4) is 5.75 Å². The maximum atomic E-state index is 12.4. The fourth-order valence-electron chi connectivity index (χ4n) is 3.11. The summed E-state index contributed by atoms with van der Waals surface area (Å²) in [5.74, 6) is 1.79. The van der Waals surface area contributed by atoms with Gasteiger partial charge in [-0.25, -0.2) is 0 Å². The first kappa shape index (κ1) is 16.8. The number of hydrogen-bond donors (Lipinski definition) is 1. The summed E-state index contributed by atoms with van der Waals surface area (Å²) in [6, 6.07) is 7.99. The maximum Gasteiger partial charge on any atom is 0.222 e. The van der Waals surface area contributed by atoms with Crippen molar-refractivity contribution in [3.63, 3.8) is 0 Å². The van der Waals surface area contributed by atoms with Gasteiger partial charge in [0.25, 0.3) is 0 Å². The van der Waals surface area contributed by atoms with Crippen LogP contribution < -0.4 is 4.74 Å². The monoisotopic (exact) mass is 305 g/mol. The van der Waals surface area contributed by atoms with Crippen LogP contribution in [0.3, 0.4) is 0 Å². The van der Waals surface area contributed by atoms with Crippen molar-refractivity contribution >= 4 is 5.91 Å². The quantitative estimate of drug-likeness (QED) is 0.878. The molecule has 4 nitrogen and oxygen atoms in total. The van der Waals surface area contributed by atoms with E-state index in [2.05, 4.69) is 13.0 Å². The Balaban J connectivity index is 1.84. The van der Waals surface area contributed by atoms with Gasteiger partial charge in [-0.2, -0.15) is 0 Å². The van der Waals surface area contributed by atoms with Crippen molar-refractivity contribution < 1.29 is 14.6 Å². The van der Waals surface area contributed by atoms with Crippen molar-refractivity contribution in [3.05, 3.63) is 29.8 Å². The Morgan fingerprint density at radius 3 is 2.68 bits per heavy atom. The molecule has 1 aliphatic heterocycles. The number of nitrogens with zero attached hydrogens (tertiary/aromatic N) is 1. The maximum absolute atomic E-state index is 12.4. The number of carbonyl (C=O) groups excluding carboxylic acids is 1. The molecule has 0 aromatic heterocycles. The lowest BCUT2D eigenvalue weighted by Crippen LogP contribution is -2.39. The molecule has 0 saturated carbocycles. The fourth-order valence-corrected chi connectivity index (χ4v) is 3.11. The van der Waals surface area contributed by atoms with Crippen molar-refractivity contribution in [2.75, 3.05) is 26.8 Å². The van der Waals surface area contributed by atoms with Crippen molar-refractivity contribution in [1.29, 1.82) is 0 Å². The van der Waals surface area contributed by atoms with E-state index in [1.807, 2.05) is 23.1 Å². The van der Waals surface area contributed by atoms with Crippen LogP contribution in [0.4, 0.5) is 0 Å². The minimum Gasteiger partial charge on any atom is -0.496 e. The SMILES string of the molecule is COc1ccccc1CC(C)CC(=O)N1CCC(CO)CC1. The fraction of sp³-hybridized carbons (Fsp3) is 0.611. The molecular weight excluding hydrogens is 278 g/mol. The Kier molecular flexibility index (Phi) is 6.25. The van der Waals surface area contributed by atoms with Crippen LogP contribution in [0.15, 0.2) is 24.3 Å². The van der Waals surface area contributed by atoms with Crippen LogP contribution in [-0.2, 0) is 11.2 Å². The van der Waals surface area contributed by atoms with E-state index in [1.165, 1.54) is 0 Å². The van der Waals surface area contributed by atoms with Gasteiger partial charge in [0.2, 0.25) is 5.91 Å². The predicted octanol–water partition coefficient (Wildman–Crippen LogP) is 2.49. The third kappa shape index (κ3) is 4.47. The standard InChI is InChI=1S/C18H27NO3/c1-14(11-16-5-3-4-6-17(16)22-2)12-18(21)19-9-7-15(13-20)8-10-19/h3-6,14-15,20H,7-13H2,1-2H3. The zero-order chi connectivity index (χ0) is 15.9. The average molecular weight is 305 g/mol. The lowest BCUT2D eigenvalue weighted by molar-refractivity contribution is -0.133. The van der Waals surface area contributed by atoms with Crippen molar-refractivity contribution in [2.45, 2.75) is 32.6 Å². The molecule has 1 aromatic rings. The van der Waals surface area contributed by atoms with Crippen LogP contribution in [0.25, 0.3) is 0 Å². The molecule has 2 rings (SSSR count). The number of carbonyl (C=O) groups is 1. The molecular formula is C18H27NO3. The summed E-state index contributed by atoms with van der Waals surface area (Å²) in [4.78, 5) is 14.3. The van der Waals surface area contributed by atoms with E-state index >= 15 is 0 Å². The number of piperidine rings is 1. The molecule has 0 aliphatic carbocycles. The second-order valence-electron chi connectivity index (χ2n) is 6.33. The van der Waals surface area contributed by atoms with Gasteiger partial charge >= 0.3 is 0 Å². The first-order valence-corrected chi connectivity index (χ1v) is 8.14. The minimum atomic E-state index is 0.235. The Hall–Kier alpha value is -1.55. The predicted molar refractivity (Wildman–Crippen MR) is 86.9 cm³/mol. The number of benzene rings is 1. The van der Waals surface area contributed by atoms with Gasteiger partial charge in [-0.3, -0.25) is 4.79 Å². The second kappa shape index (κ2) is 8.18. The molecule has 0 bridgehead atoms. The number of rotatable bonds is 6. The highest BCUT2D eigenvalue weighted by Gasteiger charge is 2.23. The number of ether oxygens (including phenoxy) is 1. The highest BCUT2D eigenvalue weighted by Crippen LogP contribution is 2.23. The van der Waals surface area contributed by atoms with Gasteiger partial charge < -0.3 is 14.7 Å². The number of hydrogen-bond acceptors (Lipinski definition) is 3. The topological polar surface area (TPSA) is 49.8 Å². The normalized spacial score (nSPS) is 17.3. The van der Waals surface area contributed by atoms with Crippen LogP contribution in [0.5, 0.6) is 5.75 Å². The van der Waals surface area contributed by atoms with Crippen molar-refractivity contribution in [2.24, 2.45) is 11.8 Å². The molecule has 1 aromatic carbocycles. The zero-order valence-corrected chi connectivity index (χ0v) is 13.6. The van der Waals surface area contributed by atoms with Gasteiger partial charge in [-0.1, -0.05) is 25.1 Å². The summed E-state index contributed by atoms with van der Waals surface area (Å²) in [6.45, 7) is 3.92. The Morgan fingerprint density at radius 1 is 1.36 bits per heavy atom. The number of amides is 1. The third-order valence-electron chi connectivity index (χ3n) is 4.51. The molecule has 122 valence electrons. The summed E-state index contributed by atoms with van der Waals surface area (Å²) >= 11 is 0. The first-order chi connectivity index (χ1) is 10.6. The van der Waals surface area contributed by atoms with Gasteiger partial charge in [-0.15, -0.1) is 0 Å². The van der Waals surface area contributed by atoms with E-state index in [0.29, 0.717) is 18.3 Å². The van der Waals surface area contributed by atoms with E-state index in [4.69, 9.17) is 9.84 Å². The molecule has 1 unspecified atom stereocenters. The van der Waals surface area contributed by atoms with Crippen LogP contribution >= 0.6 is 0 Å². The van der Waals surface area contributed by atoms with Gasteiger partial charge in [-0.05, 0) is 42.7 Å². The number of aliphatic hydroxyl groups excluding tert-OH is 1. The summed E-state index contributed by atoms with van der Waals surface area (Å²) in [5, 5.41) is 9.16. The van der Waals surface area contributed by atoms with Gasteiger partial charge in [0.15, 0.2) is 0 Å². The molecule has 1 amide bonds. The number of methoxy groups -OCH3 is 1. The van der Waals surface area contributed by atoms with Crippen LogP contribution in [0.1, 0.15) is 31.7 Å². The summed E-state index contributed by atoms with van der Waals surface area (Å²) < 4.78 is 5.37. The lowest BCUT2D eigenvalue weighted by Gasteiger charge is -2.32. The van der Waals surface area contributed by atoms with Crippen LogP contribution in [0.2, 0.25) is 0 Å². The number of aliphatic hydroxyl groups is 1. The molecule has 1 aliphatic rings. The van der Waals surface area contributed by atoms with Gasteiger partial charge in [0.05, 0.1) is 7.11 Å². The Labute approximate surface area is 133 Å². The number of para-hydroxylation sites is 1. The van der Waals surface area contributed by atoms with E-state index in [0.717, 1.165) is 43.7 Å². The Morgan fingerprint density at radius 2 is 2.05 bits per heavy atom. The third-order valence-corrected chi connectivity index (χ3v) is 4.51. The Bertz CT molecular complexity index is 481. The highest BCUT2D eigenvalue weighted by molar-refractivity contribution is 5.76. The second-order valence-corrected chi connectivity index (χ2v) is 6.33. The summed E-state index contributed by atoms with van der Waals surface area (Å²) in [7, 11) is 1.68. The molecule has 1 atom stereocenters. The summed E-state index contributed by atoms with van der Waals surface area (Å²) in [6.07, 6.45) is 3.26. The van der Waals surface area contributed by atoms with Crippen LogP contribution in [0, 0.1) is 11.8 Å². The van der Waals surface area contributed by atoms with Crippen molar-refractivity contribution in [1.82, 2.24) is 4.90 Å². The molecule has 0 radical (unpaired) electrons. The molecule has 1 heterocycles.